The van der Waals surface area contributed by atoms with Gasteiger partial charge in [-0.1, -0.05) is 60.1 Å². The third-order valence-corrected chi connectivity index (χ3v) is 11.0. The zero-order valence-corrected chi connectivity index (χ0v) is 21.8. The number of thioether (sulfide) groups is 1. The van der Waals surface area contributed by atoms with Gasteiger partial charge in [0.2, 0.25) is 10.0 Å². The Labute approximate surface area is 219 Å². The summed E-state index contributed by atoms with van der Waals surface area (Å²) in [7, 11) is -3.96. The van der Waals surface area contributed by atoms with Crippen molar-refractivity contribution >= 4 is 44.3 Å². The minimum Gasteiger partial charge on any atom is -0.480 e. The lowest BCUT2D eigenvalue weighted by Gasteiger charge is -2.26. The number of aliphatic carboxylic acids is 1. The van der Waals surface area contributed by atoms with Crippen molar-refractivity contribution in [3.63, 3.8) is 0 Å². The van der Waals surface area contributed by atoms with E-state index in [1.54, 1.807) is 23.0 Å². The Hall–Kier alpha value is -2.59. The average Bonchev–Trinajstić information content (AvgIpc) is 3.26. The molecule has 2 N–H and O–H groups in total. The third-order valence-electron chi connectivity index (χ3n) is 7.05. The lowest BCUT2D eigenvalue weighted by atomic mass is 9.86. The summed E-state index contributed by atoms with van der Waals surface area (Å²) in [4.78, 5) is 13.5. The minimum atomic E-state index is -3.96. The monoisotopic (exact) mass is 543 g/mol. The van der Waals surface area contributed by atoms with E-state index in [0.717, 1.165) is 16.0 Å². The number of aromatic nitrogens is 2. The van der Waals surface area contributed by atoms with Gasteiger partial charge < -0.3 is 5.11 Å². The number of carbonyl (C=O) groups is 1. The van der Waals surface area contributed by atoms with Gasteiger partial charge in [0.25, 0.3) is 0 Å². The van der Waals surface area contributed by atoms with E-state index in [-0.39, 0.29) is 6.42 Å². The van der Waals surface area contributed by atoms with Crippen LogP contribution in [0.5, 0.6) is 0 Å². The Balaban J connectivity index is 1.37. The second-order valence-corrected chi connectivity index (χ2v) is 13.1. The number of carboxylic acids is 1. The van der Waals surface area contributed by atoms with E-state index in [1.807, 2.05) is 60.8 Å². The Morgan fingerprint density at radius 1 is 1.17 bits per heavy atom. The molecule has 1 fully saturated rings. The van der Waals surface area contributed by atoms with Crippen LogP contribution in [0.2, 0.25) is 5.02 Å². The molecule has 2 heterocycles. The van der Waals surface area contributed by atoms with E-state index in [0.29, 0.717) is 30.8 Å². The normalized spacial score (nSPS) is 25.5. The largest absolute Gasteiger partial charge is 0.480 e. The standard InChI is InChI=1S/C26H26ClN3O4S2/c27-21-10-8-19(9-11-21)22-12-13-23(35-22)36(33,34)29-26(24(31)32)18-25(26,20-6-2-1-3-7-20)14-4-16-30-17-5-15-28-30/h1-3,5-12,15,17,23,29H,4,13-14,16,18H2,(H,31,32). The fourth-order valence-corrected chi connectivity index (χ4v) is 8.48. The van der Waals surface area contributed by atoms with Crippen molar-refractivity contribution in [3.8, 4) is 0 Å². The van der Waals surface area contributed by atoms with E-state index in [1.165, 1.54) is 11.8 Å². The van der Waals surface area contributed by atoms with Crippen LogP contribution in [0.3, 0.4) is 0 Å². The second-order valence-electron chi connectivity index (χ2n) is 9.21. The summed E-state index contributed by atoms with van der Waals surface area (Å²) in [6.07, 6.45) is 7.11. The van der Waals surface area contributed by atoms with Crippen LogP contribution in [0.1, 0.15) is 36.8 Å². The second kappa shape index (κ2) is 9.70. The van der Waals surface area contributed by atoms with Crippen LogP contribution >= 0.6 is 23.4 Å². The van der Waals surface area contributed by atoms with Gasteiger partial charge in [0.1, 0.15) is 10.1 Å². The van der Waals surface area contributed by atoms with Crippen LogP contribution in [0.25, 0.3) is 4.91 Å². The van der Waals surface area contributed by atoms with Crippen molar-refractivity contribution < 1.29 is 18.3 Å². The highest BCUT2D eigenvalue weighted by molar-refractivity contribution is 8.18. The molecule has 3 aromatic rings. The molecule has 188 valence electrons. The molecule has 7 nitrogen and oxygen atoms in total. The number of aryl methyl sites for hydroxylation is 1. The predicted octanol–water partition coefficient (Wildman–Crippen LogP) is 4.91. The summed E-state index contributed by atoms with van der Waals surface area (Å²) >= 11 is 7.21. The van der Waals surface area contributed by atoms with Crippen molar-refractivity contribution in [3.05, 3.63) is 95.3 Å². The first kappa shape index (κ1) is 25.1. The molecular weight excluding hydrogens is 518 g/mol. The van der Waals surface area contributed by atoms with Gasteiger partial charge in [0.15, 0.2) is 0 Å². The lowest BCUT2D eigenvalue weighted by molar-refractivity contribution is -0.140. The maximum absolute atomic E-state index is 13.5. The molecule has 0 bridgehead atoms. The molecule has 10 heteroatoms. The number of nitrogens with one attached hydrogen (secondary N) is 1. The number of benzene rings is 2. The van der Waals surface area contributed by atoms with Crippen LogP contribution in [0.4, 0.5) is 0 Å². The summed E-state index contributed by atoms with van der Waals surface area (Å²) < 4.78 is 30.7. The van der Waals surface area contributed by atoms with Crippen LogP contribution in [0.15, 0.2) is 79.1 Å². The zero-order chi connectivity index (χ0) is 25.4. The third kappa shape index (κ3) is 4.61. The molecule has 1 aromatic heterocycles. The predicted molar refractivity (Wildman–Crippen MR) is 142 cm³/mol. The van der Waals surface area contributed by atoms with Crippen LogP contribution in [0, 0.1) is 0 Å². The fourth-order valence-electron chi connectivity index (χ4n) is 5.13. The molecule has 2 aliphatic rings. The van der Waals surface area contributed by atoms with Gasteiger partial charge in [0.05, 0.1) is 0 Å². The number of sulfonamides is 1. The molecule has 5 rings (SSSR count). The molecule has 0 spiro atoms. The number of rotatable bonds is 10. The highest BCUT2D eigenvalue weighted by Gasteiger charge is 2.74. The summed E-state index contributed by atoms with van der Waals surface area (Å²) in [5.41, 5.74) is -0.718. The molecular formula is C26H26ClN3O4S2. The van der Waals surface area contributed by atoms with Crippen LogP contribution < -0.4 is 4.72 Å². The van der Waals surface area contributed by atoms with Crippen molar-refractivity contribution in [2.45, 2.75) is 47.8 Å². The molecule has 0 radical (unpaired) electrons. The smallest absolute Gasteiger partial charge is 0.325 e. The highest BCUT2D eigenvalue weighted by Crippen LogP contribution is 2.61. The van der Waals surface area contributed by atoms with Gasteiger partial charge in [-0.2, -0.15) is 9.82 Å². The van der Waals surface area contributed by atoms with Crippen molar-refractivity contribution in [2.24, 2.45) is 0 Å². The molecule has 1 aliphatic heterocycles. The van der Waals surface area contributed by atoms with Gasteiger partial charge in [-0.25, -0.2) is 8.42 Å². The Morgan fingerprint density at radius 2 is 1.92 bits per heavy atom. The first-order valence-corrected chi connectivity index (χ1v) is 14.5. The Kier molecular flexibility index (Phi) is 6.76. The summed E-state index contributed by atoms with van der Waals surface area (Å²) in [5.74, 6) is -1.15. The molecule has 36 heavy (non-hydrogen) atoms. The molecule has 0 saturated heterocycles. The lowest BCUT2D eigenvalue weighted by Crippen LogP contribution is -2.51. The van der Waals surface area contributed by atoms with E-state index >= 15 is 0 Å². The first-order valence-electron chi connectivity index (χ1n) is 11.7. The molecule has 1 aliphatic carbocycles. The van der Waals surface area contributed by atoms with Gasteiger partial charge in [-0.05, 0) is 55.0 Å². The maximum atomic E-state index is 13.5. The quantitative estimate of drug-likeness (QED) is 0.377. The van der Waals surface area contributed by atoms with E-state index < -0.39 is 31.5 Å². The maximum Gasteiger partial charge on any atom is 0.325 e. The molecule has 1 saturated carbocycles. The topological polar surface area (TPSA) is 101 Å². The highest BCUT2D eigenvalue weighted by atomic mass is 35.5. The van der Waals surface area contributed by atoms with Gasteiger partial charge >= 0.3 is 5.97 Å². The van der Waals surface area contributed by atoms with Gasteiger partial charge in [0, 0.05) is 34.3 Å². The van der Waals surface area contributed by atoms with Crippen molar-refractivity contribution in [1.29, 1.82) is 0 Å². The Morgan fingerprint density at radius 3 is 2.58 bits per heavy atom. The fraction of sp³-hybridized carbons (Fsp3) is 0.308. The van der Waals surface area contributed by atoms with Crippen molar-refractivity contribution in [1.82, 2.24) is 14.5 Å². The summed E-state index contributed by atoms with van der Waals surface area (Å²) in [6, 6.07) is 18.4. The SMILES string of the molecule is O=C(O)C1(NS(=O)(=O)C2CC=C(c3ccc(Cl)cc3)S2)CC1(CCCn1cccn1)c1ccccc1. The van der Waals surface area contributed by atoms with E-state index in [9.17, 15) is 18.3 Å². The molecule has 3 unspecified atom stereocenters. The number of nitrogens with zero attached hydrogens (tertiary/aromatic N) is 2. The number of halogens is 1. The number of hydrogen-bond acceptors (Lipinski definition) is 5. The molecule has 2 aromatic carbocycles. The van der Waals surface area contributed by atoms with E-state index in [2.05, 4.69) is 9.82 Å². The average molecular weight is 544 g/mol. The Bertz CT molecular complexity index is 1380. The van der Waals surface area contributed by atoms with Crippen LogP contribution in [-0.4, -0.2) is 39.4 Å². The van der Waals surface area contributed by atoms with Crippen LogP contribution in [-0.2, 0) is 26.8 Å². The van der Waals surface area contributed by atoms with E-state index in [4.69, 9.17) is 11.6 Å². The van der Waals surface area contributed by atoms with Crippen molar-refractivity contribution in [2.75, 3.05) is 0 Å². The zero-order valence-electron chi connectivity index (χ0n) is 19.4. The minimum absolute atomic E-state index is 0.201. The summed E-state index contributed by atoms with van der Waals surface area (Å²) in [6.45, 7) is 0.622. The van der Waals surface area contributed by atoms with Gasteiger partial charge in [-0.15, -0.1) is 11.8 Å². The van der Waals surface area contributed by atoms with Gasteiger partial charge in [-0.3, -0.25) is 9.48 Å². The molecule has 0 amide bonds. The molecule has 3 atom stereocenters. The summed E-state index contributed by atoms with van der Waals surface area (Å²) in [5, 5.41) is 15.2. The first-order chi connectivity index (χ1) is 17.3. The number of hydrogen-bond donors (Lipinski definition) is 2. The number of carboxylic acid groups (broad SMARTS) is 1. The number of allylic oxidation sites excluding steroid dienone is 1.